The summed E-state index contributed by atoms with van der Waals surface area (Å²) in [5.41, 5.74) is 1.33. The molecule has 196 valence electrons. The minimum atomic E-state index is -0.966. The number of terminal acetylenes is 1. The van der Waals surface area contributed by atoms with Crippen LogP contribution in [-0.2, 0) is 19.2 Å². The lowest BCUT2D eigenvalue weighted by Gasteiger charge is -2.58. The van der Waals surface area contributed by atoms with Crippen molar-refractivity contribution in [2.75, 3.05) is 20.3 Å². The smallest absolute Gasteiger partial charge is 0.328 e. The van der Waals surface area contributed by atoms with Crippen molar-refractivity contribution in [2.24, 2.45) is 33.7 Å². The van der Waals surface area contributed by atoms with Gasteiger partial charge in [0.2, 0.25) is 0 Å². The number of nitrogens with zero attached hydrogens (tertiary/aromatic N) is 2. The molecule has 7 atom stereocenters. The number of carbonyl (C=O) groups excluding carboxylic acids is 2. The van der Waals surface area contributed by atoms with Crippen LogP contribution < -0.4 is 0 Å². The van der Waals surface area contributed by atoms with E-state index in [1.54, 1.807) is 4.90 Å². The van der Waals surface area contributed by atoms with E-state index < -0.39 is 11.6 Å². The summed E-state index contributed by atoms with van der Waals surface area (Å²) in [5.74, 6) is 3.86. The second-order valence-electron chi connectivity index (χ2n) is 12.1. The monoisotopic (exact) mass is 496 g/mol. The summed E-state index contributed by atoms with van der Waals surface area (Å²) in [6.45, 7) is 5.03. The SMILES string of the molecule is C#CC1(O)CCC2C3CCC4=CC(=NOCC(=O)N5CCCC5C(=O)OC)CCC4(C)C3CCC21C. The number of aliphatic hydroxyl groups is 1. The van der Waals surface area contributed by atoms with Gasteiger partial charge in [0.25, 0.3) is 5.91 Å². The van der Waals surface area contributed by atoms with Gasteiger partial charge in [0.15, 0.2) is 6.61 Å². The Balaban J connectivity index is 1.24. The average Bonchev–Trinajstić information content (AvgIpc) is 3.47. The third kappa shape index (κ3) is 3.79. The predicted octanol–water partition coefficient (Wildman–Crippen LogP) is 3.85. The molecule has 7 unspecified atom stereocenters. The topological polar surface area (TPSA) is 88.4 Å². The number of amides is 1. The van der Waals surface area contributed by atoms with Crippen LogP contribution in [0.4, 0.5) is 0 Å². The van der Waals surface area contributed by atoms with Gasteiger partial charge in [-0.05, 0) is 93.5 Å². The molecule has 4 aliphatic carbocycles. The van der Waals surface area contributed by atoms with Crippen LogP contribution in [-0.4, -0.2) is 59.5 Å². The molecule has 1 saturated heterocycles. The Morgan fingerprint density at radius 2 is 1.94 bits per heavy atom. The van der Waals surface area contributed by atoms with Gasteiger partial charge in [-0.25, -0.2) is 4.79 Å². The molecule has 0 bridgehead atoms. The van der Waals surface area contributed by atoms with Crippen LogP contribution in [0.2, 0.25) is 0 Å². The third-order valence-electron chi connectivity index (χ3n) is 10.8. The number of fused-ring (bicyclic) bond motifs is 5. The summed E-state index contributed by atoms with van der Waals surface area (Å²) in [4.78, 5) is 31.6. The van der Waals surface area contributed by atoms with Crippen molar-refractivity contribution in [1.82, 2.24) is 4.90 Å². The molecule has 1 amide bonds. The lowest BCUT2D eigenvalue weighted by atomic mass is 9.46. The number of ether oxygens (including phenoxy) is 1. The van der Waals surface area contributed by atoms with Gasteiger partial charge in [0, 0.05) is 12.0 Å². The minimum absolute atomic E-state index is 0.138. The lowest BCUT2D eigenvalue weighted by molar-refractivity contribution is -0.152. The standard InChI is InChI=1S/C29H40N2O5/c1-5-29(34)15-12-23-21-9-8-19-17-20(10-13-27(19,2)22(21)11-14-28(23,29)3)30-36-18-25(32)31-16-6-7-24(31)26(33)35-4/h1,17,21-24,34H,6-16,18H2,2-4H3. The van der Waals surface area contributed by atoms with E-state index in [0.29, 0.717) is 30.7 Å². The third-order valence-corrected chi connectivity index (χ3v) is 10.8. The molecular weight excluding hydrogens is 456 g/mol. The van der Waals surface area contributed by atoms with Gasteiger partial charge in [-0.1, -0.05) is 30.5 Å². The maximum Gasteiger partial charge on any atom is 0.328 e. The van der Waals surface area contributed by atoms with Gasteiger partial charge in [-0.15, -0.1) is 6.42 Å². The fraction of sp³-hybridized carbons (Fsp3) is 0.759. The predicted molar refractivity (Wildman–Crippen MR) is 136 cm³/mol. The van der Waals surface area contributed by atoms with E-state index in [4.69, 9.17) is 16.0 Å². The van der Waals surface area contributed by atoms with E-state index in [1.165, 1.54) is 12.7 Å². The van der Waals surface area contributed by atoms with Crippen LogP contribution in [0.15, 0.2) is 16.8 Å². The zero-order chi connectivity index (χ0) is 25.7. The number of methoxy groups -OCH3 is 1. The van der Waals surface area contributed by atoms with Gasteiger partial charge in [0.1, 0.15) is 11.6 Å². The molecule has 5 aliphatic rings. The Hall–Kier alpha value is -2.33. The molecule has 0 spiro atoms. The van der Waals surface area contributed by atoms with Crippen LogP contribution in [0.5, 0.6) is 0 Å². The maximum atomic E-state index is 12.6. The van der Waals surface area contributed by atoms with Gasteiger partial charge in [-0.2, -0.15) is 0 Å². The molecule has 7 nitrogen and oxygen atoms in total. The summed E-state index contributed by atoms with van der Waals surface area (Å²) in [6, 6.07) is -0.514. The molecule has 3 saturated carbocycles. The fourth-order valence-electron chi connectivity index (χ4n) is 8.60. The number of esters is 1. The number of rotatable bonds is 4. The van der Waals surface area contributed by atoms with E-state index in [-0.39, 0.29) is 29.3 Å². The quantitative estimate of drug-likeness (QED) is 0.363. The van der Waals surface area contributed by atoms with E-state index in [2.05, 4.69) is 31.0 Å². The summed E-state index contributed by atoms with van der Waals surface area (Å²) in [5, 5.41) is 15.5. The molecule has 0 radical (unpaired) electrons. The molecule has 7 heteroatoms. The Kier molecular flexibility index (Phi) is 6.47. The first kappa shape index (κ1) is 25.3. The fourth-order valence-corrected chi connectivity index (χ4v) is 8.60. The molecule has 1 N–H and O–H groups in total. The summed E-state index contributed by atoms with van der Waals surface area (Å²) >= 11 is 0. The Morgan fingerprint density at radius 1 is 1.17 bits per heavy atom. The highest BCUT2D eigenvalue weighted by atomic mass is 16.6. The number of hydrogen-bond acceptors (Lipinski definition) is 6. The Labute approximate surface area is 214 Å². The van der Waals surface area contributed by atoms with Crippen molar-refractivity contribution >= 4 is 17.6 Å². The van der Waals surface area contributed by atoms with Crippen molar-refractivity contribution in [3.8, 4) is 12.3 Å². The van der Waals surface area contributed by atoms with Crippen molar-refractivity contribution in [3.63, 3.8) is 0 Å². The lowest BCUT2D eigenvalue weighted by Crippen LogP contribution is -2.54. The van der Waals surface area contributed by atoms with E-state index in [9.17, 15) is 14.7 Å². The molecular formula is C29H40N2O5. The molecule has 1 heterocycles. The second kappa shape index (κ2) is 9.20. The number of carbonyl (C=O) groups is 2. The van der Waals surface area contributed by atoms with E-state index >= 15 is 0 Å². The molecule has 0 aromatic carbocycles. The van der Waals surface area contributed by atoms with Gasteiger partial charge >= 0.3 is 5.97 Å². The maximum absolute atomic E-state index is 12.6. The van der Waals surface area contributed by atoms with E-state index in [0.717, 1.165) is 63.5 Å². The Bertz CT molecular complexity index is 1030. The molecule has 1 aliphatic heterocycles. The average molecular weight is 497 g/mol. The van der Waals surface area contributed by atoms with Crippen molar-refractivity contribution in [1.29, 1.82) is 0 Å². The van der Waals surface area contributed by atoms with Crippen molar-refractivity contribution in [2.45, 2.75) is 89.7 Å². The summed E-state index contributed by atoms with van der Waals surface area (Å²) in [6.07, 6.45) is 17.3. The summed E-state index contributed by atoms with van der Waals surface area (Å²) in [7, 11) is 1.35. The number of hydrogen-bond donors (Lipinski definition) is 1. The van der Waals surface area contributed by atoms with Crippen LogP contribution in [0.3, 0.4) is 0 Å². The van der Waals surface area contributed by atoms with Crippen LogP contribution in [0.1, 0.15) is 78.1 Å². The normalized spacial score (nSPS) is 42.6. The molecule has 36 heavy (non-hydrogen) atoms. The first-order valence-corrected chi connectivity index (χ1v) is 13.6. The van der Waals surface area contributed by atoms with Gasteiger partial charge in [-0.3, -0.25) is 4.79 Å². The zero-order valence-electron chi connectivity index (χ0n) is 21.9. The van der Waals surface area contributed by atoms with Crippen molar-refractivity contribution < 1.29 is 24.3 Å². The highest BCUT2D eigenvalue weighted by molar-refractivity contribution is 5.96. The summed E-state index contributed by atoms with van der Waals surface area (Å²) < 4.78 is 4.83. The zero-order valence-corrected chi connectivity index (χ0v) is 21.9. The largest absolute Gasteiger partial charge is 0.467 e. The van der Waals surface area contributed by atoms with Crippen LogP contribution >= 0.6 is 0 Å². The Morgan fingerprint density at radius 3 is 2.69 bits per heavy atom. The van der Waals surface area contributed by atoms with Crippen molar-refractivity contribution in [3.05, 3.63) is 11.6 Å². The number of allylic oxidation sites excluding steroid dienone is 2. The molecule has 5 rings (SSSR count). The van der Waals surface area contributed by atoms with Gasteiger partial charge in [0.05, 0.1) is 12.8 Å². The first-order chi connectivity index (χ1) is 17.2. The molecule has 0 aromatic heterocycles. The molecule has 4 fully saturated rings. The number of likely N-dealkylation sites (tertiary alicyclic amines) is 1. The van der Waals surface area contributed by atoms with Gasteiger partial charge < -0.3 is 19.6 Å². The first-order valence-electron chi connectivity index (χ1n) is 13.6. The van der Waals surface area contributed by atoms with Crippen LogP contribution in [0, 0.1) is 40.9 Å². The minimum Gasteiger partial charge on any atom is -0.467 e. The van der Waals surface area contributed by atoms with Crippen LogP contribution in [0.25, 0.3) is 0 Å². The van der Waals surface area contributed by atoms with E-state index in [1.807, 2.05) is 0 Å². The molecule has 0 aromatic rings. The highest BCUT2D eigenvalue weighted by Crippen LogP contribution is 2.67. The number of oxime groups is 1. The highest BCUT2D eigenvalue weighted by Gasteiger charge is 2.63. The second-order valence-corrected chi connectivity index (χ2v) is 12.1.